The molecular formula is C18H20FNO3. The van der Waals surface area contributed by atoms with Gasteiger partial charge in [0.15, 0.2) is 6.10 Å². The molecule has 2 aromatic carbocycles. The zero-order valence-electron chi connectivity index (χ0n) is 13.3. The highest BCUT2D eigenvalue weighted by Crippen LogP contribution is 2.24. The molecule has 0 aliphatic rings. The molecule has 0 aliphatic heterocycles. The van der Waals surface area contributed by atoms with Crippen molar-refractivity contribution >= 4 is 5.91 Å². The Hall–Kier alpha value is -2.40. The second-order valence-corrected chi connectivity index (χ2v) is 5.80. The number of nitrogens with one attached hydrogen (secondary N) is 1. The molecule has 2 rings (SSSR count). The van der Waals surface area contributed by atoms with Gasteiger partial charge in [-0.2, -0.15) is 0 Å². The van der Waals surface area contributed by atoms with Gasteiger partial charge in [-0.3, -0.25) is 4.79 Å². The zero-order chi connectivity index (χ0) is 17.0. The van der Waals surface area contributed by atoms with Gasteiger partial charge in [-0.05, 0) is 49.2 Å². The summed E-state index contributed by atoms with van der Waals surface area (Å²) in [6.07, 6.45) is -1.31. The molecule has 0 heterocycles. The normalized spacial score (nSPS) is 12.6. The van der Waals surface area contributed by atoms with Crippen LogP contribution in [0.3, 0.4) is 0 Å². The van der Waals surface area contributed by atoms with Crippen molar-refractivity contribution < 1.29 is 19.0 Å². The average Bonchev–Trinajstić information content (AvgIpc) is 2.54. The Bertz CT molecular complexity index is 683. The first kappa shape index (κ1) is 17.0. The van der Waals surface area contributed by atoms with E-state index in [1.807, 2.05) is 0 Å². The molecule has 1 amide bonds. The molecule has 0 saturated heterocycles. The lowest BCUT2D eigenvalue weighted by Crippen LogP contribution is -2.43. The Kier molecular flexibility index (Phi) is 5.01. The fraction of sp³-hybridized carbons (Fsp3) is 0.278. The maximum Gasteiger partial charge on any atom is 0.254 e. The summed E-state index contributed by atoms with van der Waals surface area (Å²) in [5, 5.41) is 13.0. The monoisotopic (exact) mass is 317 g/mol. The highest BCUT2D eigenvalue weighted by molar-refractivity contribution is 5.82. The Balaban J connectivity index is 2.14. The third-order valence-corrected chi connectivity index (χ3v) is 3.66. The zero-order valence-corrected chi connectivity index (χ0v) is 13.3. The third kappa shape index (κ3) is 4.07. The fourth-order valence-corrected chi connectivity index (χ4v) is 2.28. The first-order valence-corrected chi connectivity index (χ1v) is 7.23. The predicted octanol–water partition coefficient (Wildman–Crippen LogP) is 2.92. The van der Waals surface area contributed by atoms with Crippen LogP contribution in [0.25, 0.3) is 0 Å². The summed E-state index contributed by atoms with van der Waals surface area (Å²) in [6, 6.07) is 12.6. The number of aliphatic hydroxyl groups is 1. The van der Waals surface area contributed by atoms with Crippen molar-refractivity contribution in [2.24, 2.45) is 0 Å². The number of halogens is 1. The summed E-state index contributed by atoms with van der Waals surface area (Å²) in [5.41, 5.74) is 0.437. The first-order valence-electron chi connectivity index (χ1n) is 7.23. The van der Waals surface area contributed by atoms with E-state index < -0.39 is 17.6 Å². The molecule has 0 radical (unpaired) electrons. The molecule has 1 unspecified atom stereocenters. The van der Waals surface area contributed by atoms with Gasteiger partial charge in [0, 0.05) is 0 Å². The van der Waals surface area contributed by atoms with Crippen molar-refractivity contribution in [1.29, 1.82) is 0 Å². The van der Waals surface area contributed by atoms with Gasteiger partial charge in [0.25, 0.3) is 5.91 Å². The van der Waals surface area contributed by atoms with Crippen molar-refractivity contribution in [2.75, 3.05) is 7.11 Å². The van der Waals surface area contributed by atoms with Crippen LogP contribution >= 0.6 is 0 Å². The lowest BCUT2D eigenvalue weighted by atomic mass is 9.93. The number of benzene rings is 2. The number of methoxy groups -OCH3 is 1. The Morgan fingerprint density at radius 2 is 1.87 bits per heavy atom. The first-order chi connectivity index (χ1) is 10.8. The number of carbonyl (C=O) groups is 1. The number of hydrogen-bond acceptors (Lipinski definition) is 3. The summed E-state index contributed by atoms with van der Waals surface area (Å²) >= 11 is 0. The van der Waals surface area contributed by atoms with Crippen molar-refractivity contribution in [3.63, 3.8) is 0 Å². The van der Waals surface area contributed by atoms with Crippen LogP contribution < -0.4 is 10.1 Å². The molecule has 0 saturated carbocycles. The molecule has 0 aromatic heterocycles. The van der Waals surface area contributed by atoms with Crippen LogP contribution in [0.1, 0.15) is 31.1 Å². The molecule has 4 nitrogen and oxygen atoms in total. The van der Waals surface area contributed by atoms with E-state index >= 15 is 0 Å². The van der Waals surface area contributed by atoms with Gasteiger partial charge in [0.2, 0.25) is 0 Å². The van der Waals surface area contributed by atoms with Gasteiger partial charge in [-0.1, -0.05) is 24.3 Å². The van der Waals surface area contributed by atoms with Gasteiger partial charge in [0.1, 0.15) is 11.6 Å². The highest BCUT2D eigenvalue weighted by Gasteiger charge is 2.27. The number of amides is 1. The SMILES string of the molecule is COc1cccc(C(O)C(=O)NC(C)(C)c2ccc(F)cc2)c1. The molecule has 23 heavy (non-hydrogen) atoms. The summed E-state index contributed by atoms with van der Waals surface area (Å²) in [6.45, 7) is 3.58. The maximum absolute atomic E-state index is 13.0. The van der Waals surface area contributed by atoms with Gasteiger partial charge in [-0.15, -0.1) is 0 Å². The van der Waals surface area contributed by atoms with Crippen LogP contribution in [0.5, 0.6) is 5.75 Å². The van der Waals surface area contributed by atoms with Crippen LogP contribution in [0.15, 0.2) is 48.5 Å². The summed E-state index contributed by atoms with van der Waals surface area (Å²) in [5.74, 6) is -0.313. The second kappa shape index (κ2) is 6.79. The van der Waals surface area contributed by atoms with Crippen LogP contribution in [-0.4, -0.2) is 18.1 Å². The van der Waals surface area contributed by atoms with E-state index in [1.165, 1.54) is 19.2 Å². The molecule has 2 N–H and O–H groups in total. The van der Waals surface area contributed by atoms with Crippen molar-refractivity contribution in [2.45, 2.75) is 25.5 Å². The molecule has 1 atom stereocenters. The molecular weight excluding hydrogens is 297 g/mol. The lowest BCUT2D eigenvalue weighted by molar-refractivity contribution is -0.131. The molecule has 2 aromatic rings. The molecule has 0 bridgehead atoms. The van der Waals surface area contributed by atoms with Crippen LogP contribution in [-0.2, 0) is 10.3 Å². The predicted molar refractivity (Wildman–Crippen MR) is 85.5 cm³/mol. The summed E-state index contributed by atoms with van der Waals surface area (Å²) in [7, 11) is 1.52. The summed E-state index contributed by atoms with van der Waals surface area (Å²) in [4.78, 5) is 12.3. The molecule has 0 fully saturated rings. The van der Waals surface area contributed by atoms with Crippen molar-refractivity contribution in [3.8, 4) is 5.75 Å². The van der Waals surface area contributed by atoms with Crippen molar-refractivity contribution in [3.05, 3.63) is 65.5 Å². The Morgan fingerprint density at radius 1 is 1.22 bits per heavy atom. The Labute approximate surface area is 134 Å². The third-order valence-electron chi connectivity index (χ3n) is 3.66. The van der Waals surface area contributed by atoms with Crippen molar-refractivity contribution in [1.82, 2.24) is 5.32 Å². The van der Waals surface area contributed by atoms with Gasteiger partial charge in [0.05, 0.1) is 12.6 Å². The highest BCUT2D eigenvalue weighted by atomic mass is 19.1. The van der Waals surface area contributed by atoms with Gasteiger partial charge >= 0.3 is 0 Å². The van der Waals surface area contributed by atoms with E-state index in [0.29, 0.717) is 11.3 Å². The van der Waals surface area contributed by atoms with Crippen LogP contribution in [0, 0.1) is 5.82 Å². The molecule has 0 aliphatic carbocycles. The van der Waals surface area contributed by atoms with Gasteiger partial charge in [-0.25, -0.2) is 4.39 Å². The number of carbonyl (C=O) groups excluding carboxylic acids is 1. The minimum absolute atomic E-state index is 0.340. The van der Waals surface area contributed by atoms with Crippen LogP contribution in [0.4, 0.5) is 4.39 Å². The average molecular weight is 317 g/mol. The number of ether oxygens (including phenoxy) is 1. The quantitative estimate of drug-likeness (QED) is 0.891. The summed E-state index contributed by atoms with van der Waals surface area (Å²) < 4.78 is 18.1. The van der Waals surface area contributed by atoms with Gasteiger partial charge < -0.3 is 15.2 Å². The minimum atomic E-state index is -1.31. The number of rotatable bonds is 5. The topological polar surface area (TPSA) is 58.6 Å². The van der Waals surface area contributed by atoms with E-state index in [9.17, 15) is 14.3 Å². The number of aliphatic hydroxyl groups excluding tert-OH is 1. The van der Waals surface area contributed by atoms with E-state index in [2.05, 4.69) is 5.32 Å². The molecule has 5 heteroatoms. The van der Waals surface area contributed by atoms with Crippen LogP contribution in [0.2, 0.25) is 0 Å². The van der Waals surface area contributed by atoms with E-state index in [4.69, 9.17) is 4.74 Å². The smallest absolute Gasteiger partial charge is 0.254 e. The molecule has 122 valence electrons. The minimum Gasteiger partial charge on any atom is -0.497 e. The Morgan fingerprint density at radius 3 is 2.48 bits per heavy atom. The van der Waals surface area contributed by atoms with E-state index in [1.54, 1.807) is 50.2 Å². The standard InChI is InChI=1S/C18H20FNO3/c1-18(2,13-7-9-14(19)10-8-13)20-17(22)16(21)12-5-4-6-15(11-12)23-3/h4-11,16,21H,1-3H3,(H,20,22). The number of hydrogen-bond donors (Lipinski definition) is 2. The largest absolute Gasteiger partial charge is 0.497 e. The molecule has 0 spiro atoms. The lowest BCUT2D eigenvalue weighted by Gasteiger charge is -2.28. The maximum atomic E-state index is 13.0. The van der Waals surface area contributed by atoms with E-state index in [-0.39, 0.29) is 5.82 Å². The fourth-order valence-electron chi connectivity index (χ4n) is 2.28. The second-order valence-electron chi connectivity index (χ2n) is 5.80. The van der Waals surface area contributed by atoms with E-state index in [0.717, 1.165) is 5.56 Å².